The molecule has 0 spiro atoms. The Hall–Kier alpha value is -0.0400. The van der Waals surface area contributed by atoms with Crippen LogP contribution in [0.1, 0.15) is 65.2 Å². The second-order valence-electron chi connectivity index (χ2n) is 6.48. The molecule has 2 saturated carbocycles. The highest BCUT2D eigenvalue weighted by Crippen LogP contribution is 2.34. The van der Waals surface area contributed by atoms with Crippen LogP contribution < -0.4 is 5.32 Å². The zero-order valence-corrected chi connectivity index (χ0v) is 10.5. The van der Waals surface area contributed by atoms with E-state index in [9.17, 15) is 0 Å². The van der Waals surface area contributed by atoms with E-state index in [-0.39, 0.29) is 0 Å². The number of hydrogen-bond donors (Lipinski definition) is 1. The molecule has 0 heterocycles. The van der Waals surface area contributed by atoms with Crippen molar-refractivity contribution in [2.75, 3.05) is 6.54 Å². The second-order valence-corrected chi connectivity index (χ2v) is 6.48. The Morgan fingerprint density at radius 3 is 2.60 bits per heavy atom. The lowest BCUT2D eigenvalue weighted by Crippen LogP contribution is -2.29. The molecule has 0 aromatic carbocycles. The molecule has 0 aromatic rings. The van der Waals surface area contributed by atoms with Gasteiger partial charge in [-0.2, -0.15) is 0 Å². The molecule has 1 N–H and O–H groups in total. The molecule has 15 heavy (non-hydrogen) atoms. The molecule has 1 unspecified atom stereocenters. The Morgan fingerprint density at radius 2 is 1.87 bits per heavy atom. The molecule has 1 nitrogen and oxygen atoms in total. The van der Waals surface area contributed by atoms with Crippen molar-refractivity contribution >= 4 is 0 Å². The van der Waals surface area contributed by atoms with Crippen LogP contribution in [0.15, 0.2) is 0 Å². The zero-order valence-electron chi connectivity index (χ0n) is 10.5. The van der Waals surface area contributed by atoms with E-state index in [1.54, 1.807) is 0 Å². The molecule has 0 aliphatic heterocycles. The predicted octanol–water partition coefficient (Wildman–Crippen LogP) is 3.74. The molecule has 0 aromatic heterocycles. The monoisotopic (exact) mass is 209 g/mol. The molecule has 88 valence electrons. The van der Waals surface area contributed by atoms with E-state index in [4.69, 9.17) is 0 Å². The van der Waals surface area contributed by atoms with Crippen LogP contribution in [0.3, 0.4) is 0 Å². The maximum absolute atomic E-state index is 3.77. The highest BCUT2D eigenvalue weighted by Gasteiger charge is 2.25. The van der Waals surface area contributed by atoms with Crippen molar-refractivity contribution in [1.82, 2.24) is 5.32 Å². The third-order valence-corrected chi connectivity index (χ3v) is 4.26. The molecule has 0 radical (unpaired) electrons. The van der Waals surface area contributed by atoms with Gasteiger partial charge in [0.25, 0.3) is 0 Å². The molecule has 0 amide bonds. The Bertz CT molecular complexity index is 194. The SMILES string of the molecule is CC1(C)CCCC(NCCC2CC2)CC1. The van der Waals surface area contributed by atoms with Crippen molar-refractivity contribution in [3.63, 3.8) is 0 Å². The van der Waals surface area contributed by atoms with Gasteiger partial charge in [-0.3, -0.25) is 0 Å². The Balaban J connectivity index is 1.64. The predicted molar refractivity (Wildman–Crippen MR) is 66.0 cm³/mol. The first-order chi connectivity index (χ1) is 7.16. The normalized spacial score (nSPS) is 31.2. The summed E-state index contributed by atoms with van der Waals surface area (Å²) in [4.78, 5) is 0. The first kappa shape index (κ1) is 11.4. The maximum atomic E-state index is 3.77. The molecular weight excluding hydrogens is 182 g/mol. The summed E-state index contributed by atoms with van der Waals surface area (Å²) in [6.45, 7) is 6.13. The summed E-state index contributed by atoms with van der Waals surface area (Å²) >= 11 is 0. The Labute approximate surface area is 95.0 Å². The second kappa shape index (κ2) is 4.86. The average molecular weight is 209 g/mol. The lowest BCUT2D eigenvalue weighted by Gasteiger charge is -2.22. The van der Waals surface area contributed by atoms with E-state index in [2.05, 4.69) is 19.2 Å². The summed E-state index contributed by atoms with van der Waals surface area (Å²) in [7, 11) is 0. The average Bonchev–Trinajstić information content (AvgIpc) is 2.96. The van der Waals surface area contributed by atoms with Crippen LogP contribution in [0.5, 0.6) is 0 Å². The van der Waals surface area contributed by atoms with Gasteiger partial charge in [-0.1, -0.05) is 33.1 Å². The van der Waals surface area contributed by atoms with Crippen molar-refractivity contribution < 1.29 is 0 Å². The van der Waals surface area contributed by atoms with E-state index in [0.29, 0.717) is 5.41 Å². The zero-order chi connectivity index (χ0) is 10.7. The van der Waals surface area contributed by atoms with Gasteiger partial charge in [0, 0.05) is 6.04 Å². The molecule has 2 aliphatic rings. The van der Waals surface area contributed by atoms with Crippen molar-refractivity contribution in [2.45, 2.75) is 71.3 Å². The highest BCUT2D eigenvalue weighted by atomic mass is 14.9. The number of rotatable bonds is 4. The van der Waals surface area contributed by atoms with Crippen molar-refractivity contribution in [2.24, 2.45) is 11.3 Å². The number of hydrogen-bond acceptors (Lipinski definition) is 1. The minimum atomic E-state index is 0.604. The minimum Gasteiger partial charge on any atom is -0.314 e. The minimum absolute atomic E-state index is 0.604. The molecule has 0 bridgehead atoms. The first-order valence-electron chi connectivity index (χ1n) is 6.89. The third kappa shape index (κ3) is 4.14. The fourth-order valence-electron chi connectivity index (χ4n) is 2.76. The third-order valence-electron chi connectivity index (χ3n) is 4.26. The van der Waals surface area contributed by atoms with Crippen LogP contribution in [0, 0.1) is 11.3 Å². The van der Waals surface area contributed by atoms with Crippen LogP contribution in [-0.2, 0) is 0 Å². The van der Waals surface area contributed by atoms with Gasteiger partial charge < -0.3 is 5.32 Å². The van der Waals surface area contributed by atoms with Crippen LogP contribution >= 0.6 is 0 Å². The van der Waals surface area contributed by atoms with E-state index in [1.165, 1.54) is 57.9 Å². The molecule has 2 fully saturated rings. The standard InChI is InChI=1S/C14H27N/c1-14(2)9-3-4-13(7-10-14)15-11-8-12-5-6-12/h12-13,15H,3-11H2,1-2H3. The van der Waals surface area contributed by atoms with E-state index >= 15 is 0 Å². The van der Waals surface area contributed by atoms with Crippen molar-refractivity contribution in [3.05, 3.63) is 0 Å². The molecule has 2 aliphatic carbocycles. The van der Waals surface area contributed by atoms with Gasteiger partial charge >= 0.3 is 0 Å². The van der Waals surface area contributed by atoms with E-state index in [0.717, 1.165) is 12.0 Å². The van der Waals surface area contributed by atoms with Gasteiger partial charge in [0.05, 0.1) is 0 Å². The first-order valence-corrected chi connectivity index (χ1v) is 6.89. The molecular formula is C14H27N. The lowest BCUT2D eigenvalue weighted by molar-refractivity contribution is 0.309. The van der Waals surface area contributed by atoms with E-state index < -0.39 is 0 Å². The molecule has 1 atom stereocenters. The summed E-state index contributed by atoms with van der Waals surface area (Å²) < 4.78 is 0. The Kier molecular flexibility index (Phi) is 3.71. The van der Waals surface area contributed by atoms with Gasteiger partial charge in [0.15, 0.2) is 0 Å². The van der Waals surface area contributed by atoms with Gasteiger partial charge in [0.2, 0.25) is 0 Å². The highest BCUT2D eigenvalue weighted by molar-refractivity contribution is 4.80. The largest absolute Gasteiger partial charge is 0.314 e. The number of nitrogens with one attached hydrogen (secondary N) is 1. The summed E-state index contributed by atoms with van der Waals surface area (Å²) in [6.07, 6.45) is 11.5. The summed E-state index contributed by atoms with van der Waals surface area (Å²) in [5.74, 6) is 1.08. The van der Waals surface area contributed by atoms with Crippen LogP contribution in [0.2, 0.25) is 0 Å². The van der Waals surface area contributed by atoms with Gasteiger partial charge in [-0.15, -0.1) is 0 Å². The topological polar surface area (TPSA) is 12.0 Å². The van der Waals surface area contributed by atoms with Crippen molar-refractivity contribution in [3.8, 4) is 0 Å². The molecule has 2 rings (SSSR count). The van der Waals surface area contributed by atoms with Gasteiger partial charge in [-0.25, -0.2) is 0 Å². The van der Waals surface area contributed by atoms with Crippen molar-refractivity contribution in [1.29, 1.82) is 0 Å². The smallest absolute Gasteiger partial charge is 0.00672 e. The lowest BCUT2D eigenvalue weighted by atomic mass is 9.85. The maximum Gasteiger partial charge on any atom is 0.00672 e. The van der Waals surface area contributed by atoms with Crippen LogP contribution in [-0.4, -0.2) is 12.6 Å². The van der Waals surface area contributed by atoms with Crippen LogP contribution in [0.4, 0.5) is 0 Å². The van der Waals surface area contributed by atoms with E-state index in [1.807, 2.05) is 0 Å². The van der Waals surface area contributed by atoms with Gasteiger partial charge in [0.1, 0.15) is 0 Å². The van der Waals surface area contributed by atoms with Crippen LogP contribution in [0.25, 0.3) is 0 Å². The van der Waals surface area contributed by atoms with Gasteiger partial charge in [-0.05, 0) is 50.0 Å². The quantitative estimate of drug-likeness (QED) is 0.696. The summed E-state index contributed by atoms with van der Waals surface area (Å²) in [6, 6.07) is 0.825. The fourth-order valence-corrected chi connectivity index (χ4v) is 2.76. The fraction of sp³-hybridized carbons (Fsp3) is 1.00. The Morgan fingerprint density at radius 1 is 1.07 bits per heavy atom. The summed E-state index contributed by atoms with van der Waals surface area (Å²) in [5.41, 5.74) is 0.604. The summed E-state index contributed by atoms with van der Waals surface area (Å²) in [5, 5.41) is 3.77. The molecule has 1 heteroatoms. The molecule has 0 saturated heterocycles.